The van der Waals surface area contributed by atoms with Crippen molar-refractivity contribution in [2.24, 2.45) is 0 Å². The Morgan fingerprint density at radius 1 is 1.28 bits per heavy atom. The van der Waals surface area contributed by atoms with Crippen molar-refractivity contribution in [3.05, 3.63) is 59.3 Å². The summed E-state index contributed by atoms with van der Waals surface area (Å²) >= 11 is 5.96. The van der Waals surface area contributed by atoms with E-state index in [1.165, 1.54) is 43.7 Å². The van der Waals surface area contributed by atoms with E-state index >= 15 is 0 Å². The van der Waals surface area contributed by atoms with Crippen molar-refractivity contribution < 1.29 is 22.4 Å². The predicted molar refractivity (Wildman–Crippen MR) is 102 cm³/mol. The number of likely N-dealkylation sites (N-methyl/N-ethyl adjacent to an activating group) is 1. The summed E-state index contributed by atoms with van der Waals surface area (Å²) in [6, 6.07) is 3.13. The summed E-state index contributed by atoms with van der Waals surface area (Å²) in [7, 11) is -3.09. The normalized spacial score (nSPS) is 17.6. The van der Waals surface area contributed by atoms with Crippen molar-refractivity contribution in [1.29, 1.82) is 0 Å². The van der Waals surface area contributed by atoms with E-state index in [9.17, 15) is 22.4 Å². The molecule has 150 valence electrons. The molecule has 1 unspecified atom stereocenters. The van der Waals surface area contributed by atoms with Crippen LogP contribution in [0.3, 0.4) is 0 Å². The second kappa shape index (κ2) is 6.82. The number of urea groups is 1. The summed E-state index contributed by atoms with van der Waals surface area (Å²) in [4.78, 5) is 32.4. The number of imide groups is 1. The van der Waals surface area contributed by atoms with E-state index < -0.39 is 33.8 Å². The van der Waals surface area contributed by atoms with E-state index in [1.807, 2.05) is 0 Å². The first kappa shape index (κ1) is 19.3. The van der Waals surface area contributed by atoms with E-state index in [4.69, 9.17) is 11.6 Å². The molecule has 3 heterocycles. The van der Waals surface area contributed by atoms with E-state index in [2.05, 4.69) is 9.97 Å². The number of nitrogens with one attached hydrogen (secondary N) is 1. The second-order valence-electron chi connectivity index (χ2n) is 6.49. The number of carbonyl (C=O) groups is 2. The van der Waals surface area contributed by atoms with Crippen molar-refractivity contribution in [2.45, 2.75) is 17.4 Å². The highest BCUT2D eigenvalue weighted by atomic mass is 35.5. The minimum atomic E-state index is -4.31. The molecular formula is C18H14ClFN4O4S. The van der Waals surface area contributed by atoms with Crippen molar-refractivity contribution in [1.82, 2.24) is 19.2 Å². The summed E-state index contributed by atoms with van der Waals surface area (Å²) in [5.74, 6) is -1.27. The number of hydrogen-bond donors (Lipinski definition) is 1. The van der Waals surface area contributed by atoms with Gasteiger partial charge in [-0.1, -0.05) is 11.6 Å². The van der Waals surface area contributed by atoms with Gasteiger partial charge in [0, 0.05) is 37.4 Å². The highest BCUT2D eigenvalue weighted by Gasteiger charge is 2.50. The van der Waals surface area contributed by atoms with Gasteiger partial charge in [0.25, 0.3) is 15.9 Å². The number of aromatic amines is 1. The fraction of sp³-hybridized carbons (Fsp3) is 0.167. The van der Waals surface area contributed by atoms with Crippen LogP contribution < -0.4 is 0 Å². The molecule has 0 aliphatic carbocycles. The Morgan fingerprint density at radius 2 is 2.03 bits per heavy atom. The molecule has 3 aromatic rings. The Bertz CT molecular complexity index is 1250. The maximum atomic E-state index is 13.7. The molecule has 1 aliphatic heterocycles. The molecule has 1 fully saturated rings. The standard InChI is InChI=1S/C18H14ClFN4O4S/c1-23-17(25)14(7-10-8-22-16-12(10)4-5-13(20)15(16)19)24(18(23)26)29(27,28)11-3-2-6-21-9-11/h2-6,8-9,14,22H,7H2,1H3. The number of pyridine rings is 1. The van der Waals surface area contributed by atoms with Crippen molar-refractivity contribution in [3.8, 4) is 0 Å². The third-order valence-electron chi connectivity index (χ3n) is 4.81. The molecule has 2 aromatic heterocycles. The molecule has 0 saturated carbocycles. The molecule has 1 atom stereocenters. The molecule has 0 radical (unpaired) electrons. The monoisotopic (exact) mass is 436 g/mol. The van der Waals surface area contributed by atoms with Gasteiger partial charge in [-0.15, -0.1) is 0 Å². The summed E-state index contributed by atoms with van der Waals surface area (Å²) in [5, 5.41) is 0.421. The van der Waals surface area contributed by atoms with Crippen molar-refractivity contribution in [3.63, 3.8) is 0 Å². The largest absolute Gasteiger partial charge is 0.360 e. The maximum absolute atomic E-state index is 13.7. The zero-order valence-electron chi connectivity index (χ0n) is 15.0. The molecule has 29 heavy (non-hydrogen) atoms. The molecule has 1 aliphatic rings. The fourth-order valence-electron chi connectivity index (χ4n) is 3.33. The molecule has 4 rings (SSSR count). The number of H-pyrrole nitrogens is 1. The Balaban J connectivity index is 1.78. The molecular weight excluding hydrogens is 423 g/mol. The number of rotatable bonds is 4. The summed E-state index contributed by atoms with van der Waals surface area (Å²) < 4.78 is 40.3. The lowest BCUT2D eigenvalue weighted by Crippen LogP contribution is -2.41. The van der Waals surface area contributed by atoms with Gasteiger partial charge in [0.1, 0.15) is 21.8 Å². The zero-order chi connectivity index (χ0) is 20.9. The first-order chi connectivity index (χ1) is 13.7. The van der Waals surface area contributed by atoms with Crippen LogP contribution in [0.1, 0.15) is 5.56 Å². The lowest BCUT2D eigenvalue weighted by molar-refractivity contribution is -0.127. The smallest absolute Gasteiger partial charge is 0.341 e. The lowest BCUT2D eigenvalue weighted by atomic mass is 10.0. The predicted octanol–water partition coefficient (Wildman–Crippen LogP) is 2.55. The SMILES string of the molecule is CN1C(=O)C(Cc2c[nH]c3c(Cl)c(F)ccc23)N(S(=O)(=O)c2cccnc2)C1=O. The number of amides is 3. The van der Waals surface area contributed by atoms with Crippen LogP contribution in [0, 0.1) is 5.82 Å². The second-order valence-corrected chi connectivity index (χ2v) is 8.68. The maximum Gasteiger partial charge on any atom is 0.341 e. The van der Waals surface area contributed by atoms with Crippen LogP contribution >= 0.6 is 11.6 Å². The molecule has 3 amide bonds. The summed E-state index contributed by atoms with van der Waals surface area (Å²) in [6.45, 7) is 0. The first-order valence-corrected chi connectivity index (χ1v) is 10.2. The van der Waals surface area contributed by atoms with E-state index in [0.717, 1.165) is 11.1 Å². The lowest BCUT2D eigenvalue weighted by Gasteiger charge is -2.21. The van der Waals surface area contributed by atoms with E-state index in [0.29, 0.717) is 20.8 Å². The highest BCUT2D eigenvalue weighted by molar-refractivity contribution is 7.89. The summed E-state index contributed by atoms with van der Waals surface area (Å²) in [6.07, 6.45) is 3.92. The van der Waals surface area contributed by atoms with Gasteiger partial charge in [0.2, 0.25) is 0 Å². The van der Waals surface area contributed by atoms with Gasteiger partial charge in [0.05, 0.1) is 5.52 Å². The van der Waals surface area contributed by atoms with Crippen LogP contribution in [-0.2, 0) is 21.2 Å². The number of benzene rings is 1. The first-order valence-electron chi connectivity index (χ1n) is 8.43. The van der Waals surface area contributed by atoms with Crippen LogP contribution in [0.25, 0.3) is 10.9 Å². The van der Waals surface area contributed by atoms with Crippen LogP contribution in [0.2, 0.25) is 5.02 Å². The number of sulfonamides is 1. The molecule has 8 nitrogen and oxygen atoms in total. The van der Waals surface area contributed by atoms with E-state index in [-0.39, 0.29) is 16.3 Å². The molecule has 1 N–H and O–H groups in total. The minimum absolute atomic E-state index is 0.101. The molecule has 1 aromatic carbocycles. The van der Waals surface area contributed by atoms with Crippen molar-refractivity contribution >= 4 is 44.5 Å². The molecule has 11 heteroatoms. The third kappa shape index (κ3) is 2.95. The fourth-order valence-corrected chi connectivity index (χ4v) is 5.05. The quantitative estimate of drug-likeness (QED) is 0.633. The molecule has 0 spiro atoms. The highest BCUT2D eigenvalue weighted by Crippen LogP contribution is 2.32. The van der Waals surface area contributed by atoms with Gasteiger partial charge in [-0.05, 0) is 29.8 Å². The number of hydrogen-bond acceptors (Lipinski definition) is 5. The third-order valence-corrected chi connectivity index (χ3v) is 6.95. The van der Waals surface area contributed by atoms with E-state index in [1.54, 1.807) is 0 Å². The van der Waals surface area contributed by atoms with Crippen LogP contribution in [-0.4, -0.2) is 52.6 Å². The van der Waals surface area contributed by atoms with Crippen LogP contribution in [0.5, 0.6) is 0 Å². The molecule has 0 bridgehead atoms. The van der Waals surface area contributed by atoms with Gasteiger partial charge in [-0.2, -0.15) is 0 Å². The van der Waals surface area contributed by atoms with Crippen LogP contribution in [0.15, 0.2) is 47.8 Å². The number of aromatic nitrogens is 2. The Hall–Kier alpha value is -2.98. The Morgan fingerprint density at radius 3 is 2.72 bits per heavy atom. The van der Waals surface area contributed by atoms with Gasteiger partial charge in [-0.3, -0.25) is 14.7 Å². The van der Waals surface area contributed by atoms with Gasteiger partial charge in [-0.25, -0.2) is 21.9 Å². The number of carbonyl (C=O) groups excluding carboxylic acids is 2. The average molecular weight is 437 g/mol. The Kier molecular flexibility index (Phi) is 4.55. The topological polar surface area (TPSA) is 103 Å². The number of halogens is 2. The average Bonchev–Trinajstić information content (AvgIpc) is 3.21. The van der Waals surface area contributed by atoms with Crippen molar-refractivity contribution in [2.75, 3.05) is 7.05 Å². The minimum Gasteiger partial charge on any atom is -0.360 e. The zero-order valence-corrected chi connectivity index (χ0v) is 16.5. The summed E-state index contributed by atoms with van der Waals surface area (Å²) in [5.41, 5.74) is 0.850. The molecule has 1 saturated heterocycles. The Labute approximate surface area is 169 Å². The number of fused-ring (bicyclic) bond motifs is 1. The van der Waals surface area contributed by atoms with Crippen LogP contribution in [0.4, 0.5) is 9.18 Å². The number of nitrogens with zero attached hydrogens (tertiary/aromatic N) is 3. The van der Waals surface area contributed by atoms with Gasteiger partial charge in [0.15, 0.2) is 0 Å². The van der Waals surface area contributed by atoms with Gasteiger partial charge < -0.3 is 4.98 Å². The van der Waals surface area contributed by atoms with Gasteiger partial charge >= 0.3 is 6.03 Å².